The highest BCUT2D eigenvalue weighted by Crippen LogP contribution is 2.15. The van der Waals surface area contributed by atoms with Gasteiger partial charge in [-0.25, -0.2) is 0 Å². The molecule has 0 atom stereocenters. The van der Waals surface area contributed by atoms with Crippen molar-refractivity contribution >= 4 is 5.82 Å². The van der Waals surface area contributed by atoms with Crippen LogP contribution in [0.2, 0.25) is 0 Å². The summed E-state index contributed by atoms with van der Waals surface area (Å²) in [6, 6.07) is 5.86. The van der Waals surface area contributed by atoms with Crippen molar-refractivity contribution in [3.05, 3.63) is 30.6 Å². The summed E-state index contributed by atoms with van der Waals surface area (Å²) < 4.78 is 0. The Kier molecular flexibility index (Phi) is 3.50. The number of H-pyrrole nitrogens is 1. The van der Waals surface area contributed by atoms with E-state index in [1.54, 1.807) is 0 Å². The Morgan fingerprint density at radius 1 is 1.19 bits per heavy atom. The summed E-state index contributed by atoms with van der Waals surface area (Å²) in [7, 11) is 1.92. The molecule has 0 saturated carbocycles. The molecule has 0 radical (unpaired) electrons. The largest absolute Gasteiger partial charge is 0.367 e. The maximum absolute atomic E-state index is 4.15. The van der Waals surface area contributed by atoms with Crippen LogP contribution in [-0.4, -0.2) is 35.3 Å². The van der Waals surface area contributed by atoms with Crippen LogP contribution in [0, 0.1) is 0 Å². The van der Waals surface area contributed by atoms with Gasteiger partial charge in [0.05, 0.1) is 5.69 Å². The fourth-order valence-electron chi connectivity index (χ4n) is 1.38. The zero-order valence-corrected chi connectivity index (χ0v) is 9.20. The van der Waals surface area contributed by atoms with Crippen LogP contribution in [0.4, 0.5) is 5.82 Å². The van der Waals surface area contributed by atoms with Crippen molar-refractivity contribution in [3.63, 3.8) is 0 Å². The normalized spacial score (nSPS) is 10.3. The lowest BCUT2D eigenvalue weighted by atomic mass is 10.2. The molecule has 0 amide bonds. The van der Waals surface area contributed by atoms with Crippen molar-refractivity contribution < 1.29 is 0 Å². The molecular weight excluding hydrogens is 202 g/mol. The Morgan fingerprint density at radius 2 is 2.12 bits per heavy atom. The van der Waals surface area contributed by atoms with Gasteiger partial charge in [0.25, 0.3) is 0 Å². The van der Waals surface area contributed by atoms with Gasteiger partial charge in [-0.1, -0.05) is 0 Å². The number of nitrogens with one attached hydrogen (secondary N) is 3. The highest BCUT2D eigenvalue weighted by atomic mass is 15.2. The van der Waals surface area contributed by atoms with E-state index in [-0.39, 0.29) is 0 Å². The molecule has 0 aliphatic heterocycles. The molecule has 5 nitrogen and oxygen atoms in total. The Bertz CT molecular complexity index is 406. The SMILES string of the molecule is CNCCNc1ccc(-c2cc[nH]c2)nn1. The topological polar surface area (TPSA) is 65.6 Å². The molecule has 0 aromatic carbocycles. The van der Waals surface area contributed by atoms with Crippen LogP contribution in [0.15, 0.2) is 30.6 Å². The van der Waals surface area contributed by atoms with Crippen molar-refractivity contribution in [2.24, 2.45) is 0 Å². The lowest BCUT2D eigenvalue weighted by molar-refractivity contribution is 0.818. The zero-order valence-electron chi connectivity index (χ0n) is 9.20. The smallest absolute Gasteiger partial charge is 0.148 e. The number of hydrogen-bond donors (Lipinski definition) is 3. The van der Waals surface area contributed by atoms with Crippen LogP contribution >= 0.6 is 0 Å². The second-order valence-electron chi connectivity index (χ2n) is 3.43. The fraction of sp³-hybridized carbons (Fsp3) is 0.273. The first-order valence-corrected chi connectivity index (χ1v) is 5.25. The second-order valence-corrected chi connectivity index (χ2v) is 3.43. The van der Waals surface area contributed by atoms with E-state index < -0.39 is 0 Å². The number of hydrogen-bond acceptors (Lipinski definition) is 4. The third-order valence-corrected chi connectivity index (χ3v) is 2.24. The maximum Gasteiger partial charge on any atom is 0.148 e. The standard InChI is InChI=1S/C11H15N5/c1-12-6-7-14-11-3-2-10(15-16-11)9-4-5-13-8-9/h2-5,8,12-13H,6-7H2,1H3,(H,14,16). The summed E-state index contributed by atoms with van der Waals surface area (Å²) in [5.41, 5.74) is 1.93. The van der Waals surface area contributed by atoms with Gasteiger partial charge in [-0.3, -0.25) is 0 Å². The Balaban J connectivity index is 2.00. The van der Waals surface area contributed by atoms with Gasteiger partial charge in [0, 0.05) is 31.0 Å². The third-order valence-electron chi connectivity index (χ3n) is 2.24. The maximum atomic E-state index is 4.15. The minimum absolute atomic E-state index is 0.800. The predicted molar refractivity (Wildman–Crippen MR) is 64.2 cm³/mol. The second kappa shape index (κ2) is 5.27. The monoisotopic (exact) mass is 217 g/mol. The molecule has 0 saturated heterocycles. The molecule has 5 heteroatoms. The molecule has 2 aromatic heterocycles. The molecule has 2 rings (SSSR count). The minimum Gasteiger partial charge on any atom is -0.367 e. The summed E-state index contributed by atoms with van der Waals surface area (Å²) in [6.07, 6.45) is 3.77. The Morgan fingerprint density at radius 3 is 2.75 bits per heavy atom. The van der Waals surface area contributed by atoms with Gasteiger partial charge in [0.2, 0.25) is 0 Å². The first kappa shape index (κ1) is 10.6. The molecule has 0 bridgehead atoms. The summed E-state index contributed by atoms with van der Waals surface area (Å²) in [6.45, 7) is 1.75. The molecule has 0 unspecified atom stereocenters. The van der Waals surface area contributed by atoms with E-state index in [0.29, 0.717) is 0 Å². The number of aromatic amines is 1. The van der Waals surface area contributed by atoms with Crippen LogP contribution in [0.1, 0.15) is 0 Å². The summed E-state index contributed by atoms with van der Waals surface area (Å²) >= 11 is 0. The summed E-state index contributed by atoms with van der Waals surface area (Å²) in [4.78, 5) is 2.99. The van der Waals surface area contributed by atoms with E-state index in [1.165, 1.54) is 0 Å². The van der Waals surface area contributed by atoms with Crippen molar-refractivity contribution in [2.45, 2.75) is 0 Å². The van der Waals surface area contributed by atoms with Crippen LogP contribution in [0.25, 0.3) is 11.3 Å². The first-order valence-electron chi connectivity index (χ1n) is 5.25. The number of rotatable bonds is 5. The number of nitrogens with zero attached hydrogens (tertiary/aromatic N) is 2. The van der Waals surface area contributed by atoms with E-state index in [1.807, 2.05) is 37.6 Å². The fourth-order valence-corrected chi connectivity index (χ4v) is 1.38. The Hall–Kier alpha value is -1.88. The third kappa shape index (κ3) is 2.58. The molecule has 16 heavy (non-hydrogen) atoms. The molecule has 0 spiro atoms. The number of aromatic nitrogens is 3. The van der Waals surface area contributed by atoms with E-state index in [2.05, 4.69) is 25.8 Å². The average Bonchev–Trinajstić information content (AvgIpc) is 2.84. The van der Waals surface area contributed by atoms with Gasteiger partial charge >= 0.3 is 0 Å². The highest BCUT2D eigenvalue weighted by molar-refractivity contribution is 5.58. The lowest BCUT2D eigenvalue weighted by Crippen LogP contribution is -2.18. The van der Waals surface area contributed by atoms with E-state index in [4.69, 9.17) is 0 Å². The average molecular weight is 217 g/mol. The zero-order chi connectivity index (χ0) is 11.2. The molecule has 84 valence electrons. The van der Waals surface area contributed by atoms with Crippen molar-refractivity contribution in [2.75, 3.05) is 25.5 Å². The number of likely N-dealkylation sites (N-methyl/N-ethyl adjacent to an activating group) is 1. The molecule has 0 fully saturated rings. The molecule has 0 aliphatic carbocycles. The molecule has 0 aliphatic rings. The van der Waals surface area contributed by atoms with Crippen LogP contribution in [0.3, 0.4) is 0 Å². The van der Waals surface area contributed by atoms with Crippen molar-refractivity contribution in [3.8, 4) is 11.3 Å². The Labute approximate surface area is 94.3 Å². The van der Waals surface area contributed by atoms with E-state index in [9.17, 15) is 0 Å². The van der Waals surface area contributed by atoms with Gasteiger partial charge < -0.3 is 15.6 Å². The van der Waals surface area contributed by atoms with E-state index >= 15 is 0 Å². The quantitative estimate of drug-likeness (QED) is 0.656. The van der Waals surface area contributed by atoms with E-state index in [0.717, 1.165) is 30.2 Å². The van der Waals surface area contributed by atoms with Gasteiger partial charge in [-0.2, -0.15) is 0 Å². The van der Waals surface area contributed by atoms with Crippen LogP contribution < -0.4 is 10.6 Å². The van der Waals surface area contributed by atoms with Gasteiger partial charge in [-0.05, 0) is 25.2 Å². The van der Waals surface area contributed by atoms with Crippen molar-refractivity contribution in [1.29, 1.82) is 0 Å². The van der Waals surface area contributed by atoms with Crippen LogP contribution in [-0.2, 0) is 0 Å². The first-order chi connectivity index (χ1) is 7.90. The van der Waals surface area contributed by atoms with Gasteiger partial charge in [-0.15, -0.1) is 10.2 Å². The predicted octanol–water partition coefficient (Wildman–Crippen LogP) is 1.10. The molecule has 2 aromatic rings. The minimum atomic E-state index is 0.800. The molecule has 3 N–H and O–H groups in total. The summed E-state index contributed by atoms with van der Waals surface area (Å²) in [5, 5.41) is 14.5. The van der Waals surface area contributed by atoms with Gasteiger partial charge in [0.15, 0.2) is 0 Å². The molecule has 2 heterocycles. The summed E-state index contributed by atoms with van der Waals surface area (Å²) in [5.74, 6) is 0.800. The van der Waals surface area contributed by atoms with Crippen molar-refractivity contribution in [1.82, 2.24) is 20.5 Å². The highest BCUT2D eigenvalue weighted by Gasteiger charge is 2.00. The van der Waals surface area contributed by atoms with Gasteiger partial charge in [0.1, 0.15) is 5.82 Å². The number of anilines is 1. The van der Waals surface area contributed by atoms with Crippen LogP contribution in [0.5, 0.6) is 0 Å². The lowest BCUT2D eigenvalue weighted by Gasteiger charge is -2.04. The molecular formula is C11H15N5.